The van der Waals surface area contributed by atoms with Gasteiger partial charge in [-0.2, -0.15) is 0 Å². The summed E-state index contributed by atoms with van der Waals surface area (Å²) < 4.78 is 4.92. The summed E-state index contributed by atoms with van der Waals surface area (Å²) in [6, 6.07) is 0. The molecule has 0 bridgehead atoms. The highest BCUT2D eigenvalue weighted by molar-refractivity contribution is 5.69. The second-order valence-electron chi connectivity index (χ2n) is 7.15. The van der Waals surface area contributed by atoms with E-state index < -0.39 is 0 Å². The first-order valence-corrected chi connectivity index (χ1v) is 8.36. The van der Waals surface area contributed by atoms with E-state index in [1.54, 1.807) is 5.57 Å². The van der Waals surface area contributed by atoms with Crippen LogP contribution in [-0.2, 0) is 9.53 Å². The molecular weight excluding hydrogens is 264 g/mol. The molecule has 0 saturated carbocycles. The molecule has 1 N–H and O–H groups in total. The van der Waals surface area contributed by atoms with Crippen molar-refractivity contribution in [3.8, 4) is 0 Å². The molecule has 1 aliphatic rings. The van der Waals surface area contributed by atoms with Crippen LogP contribution in [0.4, 0.5) is 0 Å². The van der Waals surface area contributed by atoms with Crippen molar-refractivity contribution in [3.05, 3.63) is 11.6 Å². The Kier molecular flexibility index (Phi) is 8.02. The van der Waals surface area contributed by atoms with E-state index >= 15 is 0 Å². The van der Waals surface area contributed by atoms with Gasteiger partial charge in [0.25, 0.3) is 0 Å². The molecule has 0 saturated heterocycles. The lowest BCUT2D eigenvalue weighted by Crippen LogP contribution is -2.15. The smallest absolute Gasteiger partial charge is 0.306 e. The number of hydrogen-bond donors (Lipinski definition) is 1. The first kappa shape index (κ1) is 18.2. The van der Waals surface area contributed by atoms with Gasteiger partial charge in [0.15, 0.2) is 0 Å². The minimum absolute atomic E-state index is 0.0962. The first-order valence-electron chi connectivity index (χ1n) is 8.36. The van der Waals surface area contributed by atoms with Crippen LogP contribution in [0.3, 0.4) is 0 Å². The molecule has 3 nitrogen and oxygen atoms in total. The molecule has 0 amide bonds. The average molecular weight is 296 g/mol. The molecule has 122 valence electrons. The summed E-state index contributed by atoms with van der Waals surface area (Å²) in [5.41, 5.74) is 1.60. The van der Waals surface area contributed by atoms with E-state index in [-0.39, 0.29) is 19.2 Å². The van der Waals surface area contributed by atoms with Crippen LogP contribution in [-0.4, -0.2) is 24.3 Å². The van der Waals surface area contributed by atoms with E-state index in [1.165, 1.54) is 12.8 Å². The average Bonchev–Trinajstić information content (AvgIpc) is 2.34. The maximum Gasteiger partial charge on any atom is 0.306 e. The van der Waals surface area contributed by atoms with Gasteiger partial charge in [-0.25, -0.2) is 0 Å². The van der Waals surface area contributed by atoms with Crippen molar-refractivity contribution in [2.45, 2.75) is 59.8 Å². The summed E-state index contributed by atoms with van der Waals surface area (Å²) in [4.78, 5) is 11.5. The van der Waals surface area contributed by atoms with Gasteiger partial charge < -0.3 is 9.84 Å². The highest BCUT2D eigenvalue weighted by Gasteiger charge is 2.19. The molecule has 1 aliphatic carbocycles. The molecule has 0 aliphatic heterocycles. The van der Waals surface area contributed by atoms with E-state index in [9.17, 15) is 4.79 Å². The molecule has 4 atom stereocenters. The number of rotatable bonds is 8. The third kappa shape index (κ3) is 7.66. The van der Waals surface area contributed by atoms with Gasteiger partial charge in [0.2, 0.25) is 0 Å². The Morgan fingerprint density at radius 2 is 2.10 bits per heavy atom. The van der Waals surface area contributed by atoms with Gasteiger partial charge in [-0.05, 0) is 49.4 Å². The number of aliphatic hydroxyl groups excluding tert-OH is 1. The van der Waals surface area contributed by atoms with Crippen molar-refractivity contribution in [1.29, 1.82) is 0 Å². The van der Waals surface area contributed by atoms with Crippen molar-refractivity contribution >= 4 is 5.97 Å². The van der Waals surface area contributed by atoms with E-state index in [1.807, 2.05) is 0 Å². The SMILES string of the molecule is C[C@@H](CC(=O)OCCO)C[C@@H](C)CC1=C[C@H](C)C[C@@H](C)C1. The standard InChI is InChI=1S/C18H32O3/c1-13-7-14(2)10-17(9-13)11-15(3)8-16(4)12-18(20)21-6-5-19/h9,13-16,19H,5-8,10-12H2,1-4H3/t13-,14-,15-,16-/m1/s1. The fraction of sp³-hybridized carbons (Fsp3) is 0.833. The van der Waals surface area contributed by atoms with Crippen LogP contribution >= 0.6 is 0 Å². The van der Waals surface area contributed by atoms with Crippen LogP contribution in [0.1, 0.15) is 59.8 Å². The van der Waals surface area contributed by atoms with Crippen molar-refractivity contribution in [2.75, 3.05) is 13.2 Å². The summed E-state index contributed by atoms with van der Waals surface area (Å²) in [6.07, 6.45) is 7.67. The third-order valence-electron chi connectivity index (χ3n) is 4.19. The number of carbonyl (C=O) groups excluding carboxylic acids is 1. The molecular formula is C18H32O3. The molecule has 0 aromatic rings. The topological polar surface area (TPSA) is 46.5 Å². The van der Waals surface area contributed by atoms with E-state index in [2.05, 4.69) is 33.8 Å². The lowest BCUT2D eigenvalue weighted by atomic mass is 9.80. The molecule has 0 aromatic carbocycles. The molecule has 0 aromatic heterocycles. The van der Waals surface area contributed by atoms with E-state index in [0.717, 1.165) is 18.8 Å². The number of hydrogen-bond acceptors (Lipinski definition) is 3. The van der Waals surface area contributed by atoms with Gasteiger partial charge in [-0.3, -0.25) is 4.79 Å². The van der Waals surface area contributed by atoms with Crippen LogP contribution in [0, 0.1) is 23.7 Å². The van der Waals surface area contributed by atoms with Crippen molar-refractivity contribution in [2.24, 2.45) is 23.7 Å². The largest absolute Gasteiger partial charge is 0.463 e. The van der Waals surface area contributed by atoms with E-state index in [4.69, 9.17) is 9.84 Å². The van der Waals surface area contributed by atoms with Crippen LogP contribution in [0.25, 0.3) is 0 Å². The number of allylic oxidation sites excluding steroid dienone is 2. The maximum atomic E-state index is 11.5. The number of esters is 1. The van der Waals surface area contributed by atoms with Gasteiger partial charge in [-0.15, -0.1) is 0 Å². The highest BCUT2D eigenvalue weighted by Crippen LogP contribution is 2.32. The van der Waals surface area contributed by atoms with Gasteiger partial charge in [0.1, 0.15) is 6.61 Å². The van der Waals surface area contributed by atoms with Crippen LogP contribution in [0.5, 0.6) is 0 Å². The Labute approximate surface area is 129 Å². The predicted octanol–water partition coefficient (Wildman–Crippen LogP) is 3.96. The van der Waals surface area contributed by atoms with Crippen LogP contribution in [0.15, 0.2) is 11.6 Å². The fourth-order valence-electron chi connectivity index (χ4n) is 3.66. The summed E-state index contributed by atoms with van der Waals surface area (Å²) in [6.45, 7) is 9.05. The quantitative estimate of drug-likeness (QED) is 0.545. The lowest BCUT2D eigenvalue weighted by Gasteiger charge is -2.26. The van der Waals surface area contributed by atoms with Gasteiger partial charge >= 0.3 is 5.97 Å². The third-order valence-corrected chi connectivity index (χ3v) is 4.19. The molecule has 0 unspecified atom stereocenters. The Bertz CT molecular complexity index is 348. The van der Waals surface area contributed by atoms with Crippen LogP contribution < -0.4 is 0 Å². The summed E-state index contributed by atoms with van der Waals surface area (Å²) in [5, 5.41) is 8.64. The minimum atomic E-state index is -0.192. The van der Waals surface area contributed by atoms with Gasteiger partial charge in [0, 0.05) is 6.42 Å². The number of carbonyl (C=O) groups is 1. The monoisotopic (exact) mass is 296 g/mol. The van der Waals surface area contributed by atoms with Crippen molar-refractivity contribution < 1.29 is 14.6 Å². The molecule has 0 heterocycles. The maximum absolute atomic E-state index is 11.5. The first-order chi connectivity index (χ1) is 9.90. The van der Waals surface area contributed by atoms with Gasteiger partial charge in [0.05, 0.1) is 6.61 Å². The second-order valence-corrected chi connectivity index (χ2v) is 7.15. The zero-order valence-electron chi connectivity index (χ0n) is 14.1. The molecule has 0 radical (unpaired) electrons. The predicted molar refractivity (Wildman–Crippen MR) is 85.9 cm³/mol. The summed E-state index contributed by atoms with van der Waals surface area (Å²) in [5.74, 6) is 2.27. The Morgan fingerprint density at radius 3 is 2.71 bits per heavy atom. The van der Waals surface area contributed by atoms with Crippen molar-refractivity contribution in [1.82, 2.24) is 0 Å². The van der Waals surface area contributed by atoms with Gasteiger partial charge in [-0.1, -0.05) is 39.3 Å². The number of ether oxygens (including phenoxy) is 1. The zero-order valence-corrected chi connectivity index (χ0v) is 14.1. The Hall–Kier alpha value is -0.830. The zero-order chi connectivity index (χ0) is 15.8. The van der Waals surface area contributed by atoms with Crippen molar-refractivity contribution in [3.63, 3.8) is 0 Å². The number of aliphatic hydroxyl groups is 1. The molecule has 0 spiro atoms. The normalized spacial score (nSPS) is 25.1. The van der Waals surface area contributed by atoms with E-state index in [0.29, 0.717) is 24.2 Å². The molecule has 1 rings (SSSR count). The summed E-state index contributed by atoms with van der Waals surface area (Å²) in [7, 11) is 0. The summed E-state index contributed by atoms with van der Waals surface area (Å²) >= 11 is 0. The fourth-order valence-corrected chi connectivity index (χ4v) is 3.66. The second kappa shape index (κ2) is 9.24. The molecule has 21 heavy (non-hydrogen) atoms. The van der Waals surface area contributed by atoms with Crippen LogP contribution in [0.2, 0.25) is 0 Å². The highest BCUT2D eigenvalue weighted by atomic mass is 16.5. The molecule has 3 heteroatoms. The lowest BCUT2D eigenvalue weighted by molar-refractivity contribution is -0.145. The minimum Gasteiger partial charge on any atom is -0.463 e. The molecule has 0 fully saturated rings. The Morgan fingerprint density at radius 1 is 1.38 bits per heavy atom. The Balaban J connectivity index is 2.32.